The van der Waals surface area contributed by atoms with Crippen LogP contribution in [0.15, 0.2) is 39.9 Å². The predicted octanol–water partition coefficient (Wildman–Crippen LogP) is 0.0206. The summed E-state index contributed by atoms with van der Waals surface area (Å²) in [5.41, 5.74) is -1.56. The Balaban J connectivity index is 2.75. The Morgan fingerprint density at radius 3 is 2.21 bits per heavy atom. The third-order valence-corrected chi connectivity index (χ3v) is 2.89. The second kappa shape index (κ2) is 4.56. The van der Waals surface area contributed by atoms with Crippen LogP contribution in [-0.2, 0) is 14.1 Å². The fraction of sp³-hybridized carbons (Fsp3) is 0.154. The number of carbonyl (C=O) groups is 1. The van der Waals surface area contributed by atoms with Crippen LogP contribution in [0.25, 0.3) is 0 Å². The van der Waals surface area contributed by atoms with E-state index in [-0.39, 0.29) is 5.69 Å². The number of rotatable bonds is 2. The molecule has 0 saturated heterocycles. The highest BCUT2D eigenvalue weighted by molar-refractivity contribution is 6.09. The maximum Gasteiger partial charge on any atom is 0.331 e. The van der Waals surface area contributed by atoms with Gasteiger partial charge < -0.3 is 5.11 Å². The van der Waals surface area contributed by atoms with E-state index < -0.39 is 22.8 Å². The predicted molar refractivity (Wildman–Crippen MR) is 68.5 cm³/mol. The summed E-state index contributed by atoms with van der Waals surface area (Å²) in [5, 5.41) is 9.80. The zero-order valence-corrected chi connectivity index (χ0v) is 10.5. The van der Waals surface area contributed by atoms with Gasteiger partial charge in [-0.25, -0.2) is 4.79 Å². The normalized spacial score (nSPS) is 10.4. The molecule has 0 bridgehead atoms. The van der Waals surface area contributed by atoms with Crippen LogP contribution in [0.5, 0.6) is 5.75 Å². The molecule has 19 heavy (non-hydrogen) atoms. The molecule has 1 N–H and O–H groups in total. The molecule has 0 spiro atoms. The average molecular weight is 260 g/mol. The van der Waals surface area contributed by atoms with Crippen molar-refractivity contribution in [1.82, 2.24) is 9.13 Å². The highest BCUT2D eigenvalue weighted by Crippen LogP contribution is 2.14. The van der Waals surface area contributed by atoms with Crippen LogP contribution in [0.1, 0.15) is 16.1 Å². The molecule has 1 aromatic carbocycles. The molecule has 1 heterocycles. The molecule has 2 aromatic rings. The molecule has 0 atom stereocenters. The van der Waals surface area contributed by atoms with E-state index in [2.05, 4.69) is 0 Å². The van der Waals surface area contributed by atoms with Crippen LogP contribution >= 0.6 is 0 Å². The lowest BCUT2D eigenvalue weighted by molar-refractivity contribution is 0.102. The van der Waals surface area contributed by atoms with Crippen molar-refractivity contribution in [3.05, 3.63) is 62.4 Å². The highest BCUT2D eigenvalue weighted by Gasteiger charge is 2.21. The molecular weight excluding hydrogens is 248 g/mol. The summed E-state index contributed by atoms with van der Waals surface area (Å²) in [5.74, 6) is -1.30. The first-order chi connectivity index (χ1) is 8.95. The molecule has 0 aliphatic rings. The van der Waals surface area contributed by atoms with Crippen molar-refractivity contribution < 1.29 is 9.90 Å². The Bertz CT molecular complexity index is 719. The summed E-state index contributed by atoms with van der Waals surface area (Å²) in [6, 6.07) is 8.14. The van der Waals surface area contributed by atoms with Gasteiger partial charge in [-0.15, -0.1) is 0 Å². The van der Waals surface area contributed by atoms with Gasteiger partial charge in [0.2, 0.25) is 11.5 Å². The van der Waals surface area contributed by atoms with Crippen LogP contribution < -0.4 is 11.2 Å². The lowest BCUT2D eigenvalue weighted by Gasteiger charge is -2.10. The first-order valence-electron chi connectivity index (χ1n) is 5.54. The molecule has 2 rings (SSSR count). The summed E-state index contributed by atoms with van der Waals surface area (Å²) in [7, 11) is 2.57. The van der Waals surface area contributed by atoms with Crippen molar-refractivity contribution in [3.63, 3.8) is 0 Å². The maximum absolute atomic E-state index is 12.2. The Morgan fingerprint density at radius 1 is 1.05 bits per heavy atom. The van der Waals surface area contributed by atoms with Crippen molar-refractivity contribution in [2.45, 2.75) is 0 Å². The Kier molecular flexibility index (Phi) is 3.08. The van der Waals surface area contributed by atoms with Crippen molar-refractivity contribution in [2.75, 3.05) is 0 Å². The maximum atomic E-state index is 12.2. The number of ketones is 1. The number of hydrogen-bond acceptors (Lipinski definition) is 4. The fourth-order valence-corrected chi connectivity index (χ4v) is 1.81. The third kappa shape index (κ3) is 1.97. The first kappa shape index (κ1) is 12.8. The van der Waals surface area contributed by atoms with E-state index >= 15 is 0 Å². The van der Waals surface area contributed by atoms with Gasteiger partial charge in [0.05, 0.1) is 0 Å². The van der Waals surface area contributed by atoms with E-state index in [1.807, 2.05) is 0 Å². The van der Waals surface area contributed by atoms with E-state index in [0.29, 0.717) is 5.56 Å². The monoisotopic (exact) mass is 260 g/mol. The van der Waals surface area contributed by atoms with E-state index in [0.717, 1.165) is 9.13 Å². The van der Waals surface area contributed by atoms with E-state index in [1.165, 1.54) is 14.1 Å². The lowest BCUT2D eigenvalue weighted by Crippen LogP contribution is -2.39. The molecule has 0 aliphatic carbocycles. The summed E-state index contributed by atoms with van der Waals surface area (Å²) in [6.07, 6.45) is 0. The molecular formula is C13H12N2O4. The molecule has 0 unspecified atom stereocenters. The van der Waals surface area contributed by atoms with Crippen LogP contribution in [0.4, 0.5) is 0 Å². The number of hydrogen-bond donors (Lipinski definition) is 1. The molecule has 0 saturated carbocycles. The molecule has 0 aliphatic heterocycles. The highest BCUT2D eigenvalue weighted by atomic mass is 16.3. The topological polar surface area (TPSA) is 81.3 Å². The Morgan fingerprint density at radius 2 is 1.63 bits per heavy atom. The molecule has 0 fully saturated rings. The quantitative estimate of drug-likeness (QED) is 0.772. The van der Waals surface area contributed by atoms with Gasteiger partial charge in [-0.1, -0.05) is 30.3 Å². The van der Waals surface area contributed by atoms with Gasteiger partial charge >= 0.3 is 5.69 Å². The number of nitrogens with zero attached hydrogens (tertiary/aromatic N) is 2. The minimum Gasteiger partial charge on any atom is -0.501 e. The number of aromatic hydroxyl groups is 1. The van der Waals surface area contributed by atoms with Gasteiger partial charge in [0.15, 0.2) is 0 Å². The van der Waals surface area contributed by atoms with Crippen molar-refractivity contribution >= 4 is 5.78 Å². The van der Waals surface area contributed by atoms with Gasteiger partial charge in [-0.2, -0.15) is 0 Å². The van der Waals surface area contributed by atoms with Crippen molar-refractivity contribution in [1.29, 1.82) is 0 Å². The summed E-state index contributed by atoms with van der Waals surface area (Å²) >= 11 is 0. The molecule has 1 aromatic heterocycles. The van der Waals surface area contributed by atoms with Crippen LogP contribution in [-0.4, -0.2) is 20.0 Å². The second-order valence-corrected chi connectivity index (χ2v) is 4.10. The molecule has 6 heteroatoms. The van der Waals surface area contributed by atoms with Crippen LogP contribution in [0.3, 0.4) is 0 Å². The SMILES string of the molecule is Cn1c(C(=O)c2ccccc2)c(O)c(=O)n(C)c1=O. The second-order valence-electron chi connectivity index (χ2n) is 4.10. The average Bonchev–Trinajstić information content (AvgIpc) is 2.44. The zero-order valence-electron chi connectivity index (χ0n) is 10.5. The van der Waals surface area contributed by atoms with Gasteiger partial charge in [0, 0.05) is 19.7 Å². The minimum absolute atomic E-state index is 0.293. The number of aromatic nitrogens is 2. The fourth-order valence-electron chi connectivity index (χ4n) is 1.81. The van der Waals surface area contributed by atoms with Crippen LogP contribution in [0.2, 0.25) is 0 Å². The minimum atomic E-state index is -0.887. The van der Waals surface area contributed by atoms with Crippen LogP contribution in [0, 0.1) is 0 Å². The smallest absolute Gasteiger partial charge is 0.331 e. The molecule has 0 amide bonds. The summed E-state index contributed by atoms with van der Waals surface area (Å²) < 4.78 is 1.71. The zero-order chi connectivity index (χ0) is 14.2. The molecule has 6 nitrogen and oxygen atoms in total. The molecule has 0 radical (unpaired) electrons. The van der Waals surface area contributed by atoms with Gasteiger partial charge in [-0.05, 0) is 0 Å². The van der Waals surface area contributed by atoms with E-state index in [1.54, 1.807) is 30.3 Å². The Hall–Kier alpha value is -2.63. The number of benzene rings is 1. The van der Waals surface area contributed by atoms with E-state index in [4.69, 9.17) is 0 Å². The third-order valence-electron chi connectivity index (χ3n) is 2.89. The van der Waals surface area contributed by atoms with Gasteiger partial charge in [0.25, 0.3) is 5.56 Å². The van der Waals surface area contributed by atoms with Gasteiger partial charge in [0.1, 0.15) is 5.69 Å². The van der Waals surface area contributed by atoms with Gasteiger partial charge in [-0.3, -0.25) is 18.7 Å². The summed E-state index contributed by atoms with van der Waals surface area (Å²) in [4.78, 5) is 35.6. The lowest BCUT2D eigenvalue weighted by atomic mass is 10.1. The first-order valence-corrected chi connectivity index (χ1v) is 5.54. The Labute approximate surface area is 108 Å². The number of carbonyl (C=O) groups excluding carboxylic acids is 1. The standard InChI is InChI=1S/C13H12N2O4/c1-14-9(10(16)8-6-4-3-5-7-8)11(17)12(18)15(2)13(14)19/h3-7,17H,1-2H3. The molecule has 98 valence electrons. The summed E-state index contributed by atoms with van der Waals surface area (Å²) in [6.45, 7) is 0. The van der Waals surface area contributed by atoms with Crippen molar-refractivity contribution in [3.8, 4) is 5.75 Å². The van der Waals surface area contributed by atoms with E-state index in [9.17, 15) is 19.5 Å². The largest absolute Gasteiger partial charge is 0.501 e. The van der Waals surface area contributed by atoms with Crippen molar-refractivity contribution in [2.24, 2.45) is 14.1 Å².